The maximum atomic E-state index is 5.88. The largest absolute Gasteiger partial charge is 0.306 e. The highest BCUT2D eigenvalue weighted by molar-refractivity contribution is 6.30. The van der Waals surface area contributed by atoms with Gasteiger partial charge in [0, 0.05) is 28.9 Å². The van der Waals surface area contributed by atoms with E-state index in [0.717, 1.165) is 23.6 Å². The summed E-state index contributed by atoms with van der Waals surface area (Å²) in [5.74, 6) is 0.727. The minimum Gasteiger partial charge on any atom is -0.306 e. The molecule has 0 bridgehead atoms. The van der Waals surface area contributed by atoms with E-state index in [-0.39, 0.29) is 5.54 Å². The Hall–Kier alpha value is -1.45. The van der Waals surface area contributed by atoms with Crippen molar-refractivity contribution in [2.24, 2.45) is 0 Å². The molecule has 0 saturated carbocycles. The molecule has 0 saturated heterocycles. The Morgan fingerprint density at radius 1 is 1.11 bits per heavy atom. The molecular weight excluding hydrogens is 258 g/mol. The molecule has 4 heteroatoms. The molecule has 0 aliphatic carbocycles. The predicted octanol–water partition coefficient (Wildman–Crippen LogP) is 3.69. The molecule has 0 spiro atoms. The summed E-state index contributed by atoms with van der Waals surface area (Å²) in [6, 6.07) is 9.48. The first-order valence-electron chi connectivity index (χ1n) is 6.27. The van der Waals surface area contributed by atoms with Gasteiger partial charge < -0.3 is 5.32 Å². The SMILES string of the molecule is CC(C)(C)NCc1ccnc(-c2ccc(Cl)cc2)n1. The van der Waals surface area contributed by atoms with Crippen LogP contribution in [0.3, 0.4) is 0 Å². The third-order valence-corrected chi connectivity index (χ3v) is 2.87. The van der Waals surface area contributed by atoms with E-state index in [1.54, 1.807) is 6.20 Å². The van der Waals surface area contributed by atoms with E-state index in [4.69, 9.17) is 11.6 Å². The fraction of sp³-hybridized carbons (Fsp3) is 0.333. The van der Waals surface area contributed by atoms with Crippen molar-refractivity contribution < 1.29 is 0 Å². The average molecular weight is 276 g/mol. The number of aromatic nitrogens is 2. The van der Waals surface area contributed by atoms with Crippen molar-refractivity contribution in [3.8, 4) is 11.4 Å². The quantitative estimate of drug-likeness (QED) is 0.928. The van der Waals surface area contributed by atoms with Gasteiger partial charge in [-0.15, -0.1) is 0 Å². The van der Waals surface area contributed by atoms with Crippen LogP contribution >= 0.6 is 11.6 Å². The first-order chi connectivity index (χ1) is 8.94. The summed E-state index contributed by atoms with van der Waals surface area (Å²) in [7, 11) is 0. The Labute approximate surface area is 119 Å². The second-order valence-electron chi connectivity index (χ2n) is 5.48. The van der Waals surface area contributed by atoms with Gasteiger partial charge in [-0.05, 0) is 51.1 Å². The highest BCUT2D eigenvalue weighted by Gasteiger charge is 2.09. The lowest BCUT2D eigenvalue weighted by Crippen LogP contribution is -2.35. The summed E-state index contributed by atoms with van der Waals surface area (Å²) >= 11 is 5.88. The van der Waals surface area contributed by atoms with E-state index in [9.17, 15) is 0 Å². The normalized spacial score (nSPS) is 11.6. The highest BCUT2D eigenvalue weighted by Crippen LogP contribution is 2.18. The second kappa shape index (κ2) is 5.68. The Bertz CT molecular complexity index is 544. The minimum atomic E-state index is 0.0748. The Morgan fingerprint density at radius 2 is 1.79 bits per heavy atom. The van der Waals surface area contributed by atoms with Gasteiger partial charge >= 0.3 is 0 Å². The van der Waals surface area contributed by atoms with Crippen LogP contribution in [0.1, 0.15) is 26.5 Å². The number of hydrogen-bond donors (Lipinski definition) is 1. The van der Waals surface area contributed by atoms with Crippen molar-refractivity contribution in [2.45, 2.75) is 32.9 Å². The molecule has 0 amide bonds. The van der Waals surface area contributed by atoms with Crippen LogP contribution in [-0.4, -0.2) is 15.5 Å². The maximum absolute atomic E-state index is 5.88. The van der Waals surface area contributed by atoms with Crippen LogP contribution in [0.2, 0.25) is 5.02 Å². The highest BCUT2D eigenvalue weighted by atomic mass is 35.5. The summed E-state index contributed by atoms with van der Waals surface area (Å²) in [6.45, 7) is 7.13. The van der Waals surface area contributed by atoms with Crippen LogP contribution in [0, 0.1) is 0 Å². The number of hydrogen-bond acceptors (Lipinski definition) is 3. The van der Waals surface area contributed by atoms with Gasteiger partial charge in [-0.25, -0.2) is 9.97 Å². The van der Waals surface area contributed by atoms with Crippen LogP contribution < -0.4 is 5.32 Å². The van der Waals surface area contributed by atoms with Crippen molar-refractivity contribution in [2.75, 3.05) is 0 Å². The topological polar surface area (TPSA) is 37.8 Å². The predicted molar refractivity (Wildman–Crippen MR) is 79.1 cm³/mol. The van der Waals surface area contributed by atoms with Gasteiger partial charge in [0.2, 0.25) is 0 Å². The standard InChI is InChI=1S/C15H18ClN3/c1-15(2,3)18-10-13-8-9-17-14(19-13)11-4-6-12(16)7-5-11/h4-9,18H,10H2,1-3H3. The Balaban J connectivity index is 2.17. The molecule has 1 heterocycles. The third-order valence-electron chi connectivity index (χ3n) is 2.62. The zero-order valence-electron chi connectivity index (χ0n) is 11.4. The van der Waals surface area contributed by atoms with Crippen molar-refractivity contribution in [1.82, 2.24) is 15.3 Å². The van der Waals surface area contributed by atoms with Crippen LogP contribution in [-0.2, 0) is 6.54 Å². The van der Waals surface area contributed by atoms with Crippen molar-refractivity contribution in [3.05, 3.63) is 47.2 Å². The van der Waals surface area contributed by atoms with Crippen molar-refractivity contribution in [3.63, 3.8) is 0 Å². The molecule has 1 N–H and O–H groups in total. The summed E-state index contributed by atoms with van der Waals surface area (Å²) in [5, 5.41) is 4.13. The fourth-order valence-electron chi connectivity index (χ4n) is 1.59. The molecule has 0 aliphatic rings. The number of nitrogens with zero attached hydrogens (tertiary/aromatic N) is 2. The average Bonchev–Trinajstić information content (AvgIpc) is 2.37. The molecule has 0 atom stereocenters. The molecule has 100 valence electrons. The van der Waals surface area contributed by atoms with Gasteiger partial charge in [0.15, 0.2) is 5.82 Å². The summed E-state index contributed by atoms with van der Waals surface area (Å²) < 4.78 is 0. The lowest BCUT2D eigenvalue weighted by molar-refractivity contribution is 0.421. The smallest absolute Gasteiger partial charge is 0.159 e. The van der Waals surface area contributed by atoms with Gasteiger partial charge in [0.1, 0.15) is 0 Å². The summed E-state index contributed by atoms with van der Waals surface area (Å²) in [4.78, 5) is 8.86. The lowest BCUT2D eigenvalue weighted by Gasteiger charge is -2.20. The van der Waals surface area contributed by atoms with E-state index < -0.39 is 0 Å². The molecule has 3 nitrogen and oxygen atoms in total. The van der Waals surface area contributed by atoms with Crippen LogP contribution in [0.15, 0.2) is 36.5 Å². The summed E-state index contributed by atoms with van der Waals surface area (Å²) in [6.07, 6.45) is 1.79. The van der Waals surface area contributed by atoms with Gasteiger partial charge in [0.25, 0.3) is 0 Å². The molecule has 2 rings (SSSR count). The van der Waals surface area contributed by atoms with Gasteiger partial charge in [-0.2, -0.15) is 0 Å². The van der Waals surface area contributed by atoms with E-state index in [1.165, 1.54) is 0 Å². The van der Waals surface area contributed by atoms with Gasteiger partial charge in [-0.1, -0.05) is 11.6 Å². The van der Waals surface area contributed by atoms with E-state index in [1.807, 2.05) is 30.3 Å². The van der Waals surface area contributed by atoms with E-state index in [0.29, 0.717) is 5.02 Å². The molecule has 0 fully saturated rings. The van der Waals surface area contributed by atoms with Crippen molar-refractivity contribution >= 4 is 11.6 Å². The molecule has 0 radical (unpaired) electrons. The molecule has 2 aromatic rings. The zero-order chi connectivity index (χ0) is 13.9. The molecule has 0 aliphatic heterocycles. The molecule has 1 aromatic carbocycles. The van der Waals surface area contributed by atoms with E-state index in [2.05, 4.69) is 36.1 Å². The number of nitrogens with one attached hydrogen (secondary N) is 1. The first kappa shape index (κ1) is 14.0. The Kier molecular flexibility index (Phi) is 4.17. The minimum absolute atomic E-state index is 0.0748. The fourth-order valence-corrected chi connectivity index (χ4v) is 1.71. The number of benzene rings is 1. The van der Waals surface area contributed by atoms with E-state index >= 15 is 0 Å². The molecule has 19 heavy (non-hydrogen) atoms. The van der Waals surface area contributed by atoms with Crippen LogP contribution in [0.5, 0.6) is 0 Å². The molecule has 0 unspecified atom stereocenters. The van der Waals surface area contributed by atoms with Crippen LogP contribution in [0.4, 0.5) is 0 Å². The first-order valence-corrected chi connectivity index (χ1v) is 6.65. The second-order valence-corrected chi connectivity index (χ2v) is 5.92. The monoisotopic (exact) mass is 275 g/mol. The molecular formula is C15H18ClN3. The third kappa shape index (κ3) is 4.30. The van der Waals surface area contributed by atoms with Crippen molar-refractivity contribution in [1.29, 1.82) is 0 Å². The number of rotatable bonds is 3. The van der Waals surface area contributed by atoms with Gasteiger partial charge in [-0.3, -0.25) is 0 Å². The lowest BCUT2D eigenvalue weighted by atomic mass is 10.1. The number of halogens is 1. The zero-order valence-corrected chi connectivity index (χ0v) is 12.2. The van der Waals surface area contributed by atoms with Gasteiger partial charge in [0.05, 0.1) is 5.69 Å². The summed E-state index contributed by atoms with van der Waals surface area (Å²) in [5.41, 5.74) is 2.03. The van der Waals surface area contributed by atoms with Crippen LogP contribution in [0.25, 0.3) is 11.4 Å². The molecule has 1 aromatic heterocycles. The Morgan fingerprint density at radius 3 is 2.42 bits per heavy atom. The maximum Gasteiger partial charge on any atom is 0.159 e.